The van der Waals surface area contributed by atoms with Gasteiger partial charge in [-0.3, -0.25) is 20.3 Å². The molecule has 30 heavy (non-hydrogen) atoms. The van der Waals surface area contributed by atoms with Gasteiger partial charge in [-0.2, -0.15) is 0 Å². The van der Waals surface area contributed by atoms with E-state index in [9.17, 15) is 9.59 Å². The SMILES string of the molecule is CCN1C(=O)NC(=O)C2C1N=C(Nc1nc3ccccc3[nH]1)N2Cc1ccccc1. The van der Waals surface area contributed by atoms with Crippen molar-refractivity contribution in [2.45, 2.75) is 25.7 Å². The van der Waals surface area contributed by atoms with Crippen LogP contribution in [0.5, 0.6) is 0 Å². The first-order valence-corrected chi connectivity index (χ1v) is 9.85. The average molecular weight is 403 g/mol. The first kappa shape index (κ1) is 18.2. The number of likely N-dealkylation sites (N-methyl/N-ethyl adjacent to an activating group) is 1. The van der Waals surface area contributed by atoms with Gasteiger partial charge in [0.25, 0.3) is 5.91 Å². The molecule has 1 aromatic heterocycles. The number of hydrogen-bond acceptors (Lipinski definition) is 6. The minimum atomic E-state index is -0.616. The predicted octanol–water partition coefficient (Wildman–Crippen LogP) is 2.11. The Morgan fingerprint density at radius 2 is 1.80 bits per heavy atom. The van der Waals surface area contributed by atoms with Gasteiger partial charge in [0.1, 0.15) is 0 Å². The molecule has 2 aromatic carbocycles. The monoisotopic (exact) mass is 403 g/mol. The van der Waals surface area contributed by atoms with Crippen LogP contribution < -0.4 is 10.6 Å². The molecule has 0 spiro atoms. The highest BCUT2D eigenvalue weighted by atomic mass is 16.2. The summed E-state index contributed by atoms with van der Waals surface area (Å²) in [6.07, 6.45) is -0.591. The Bertz CT molecular complexity index is 1110. The summed E-state index contributed by atoms with van der Waals surface area (Å²) in [7, 11) is 0. The van der Waals surface area contributed by atoms with E-state index in [1.807, 2.05) is 66.4 Å². The van der Waals surface area contributed by atoms with Gasteiger partial charge in [-0.05, 0) is 24.6 Å². The van der Waals surface area contributed by atoms with E-state index in [4.69, 9.17) is 4.99 Å². The molecule has 0 saturated carbocycles. The number of H-pyrrole nitrogens is 1. The van der Waals surface area contributed by atoms with E-state index in [1.54, 1.807) is 4.90 Å². The topological polar surface area (TPSA) is 106 Å². The standard InChI is InChI=1S/C21H21N7O2/c1-2-27-17-16(18(29)25-21(27)30)28(12-13-8-4-3-5-9-13)20(24-17)26-19-22-14-10-6-7-11-15(14)23-19/h3-11,16-17H,2,12H2,1H3,(H,25,29,30)(H2,22,23,24,26). The van der Waals surface area contributed by atoms with E-state index in [2.05, 4.69) is 20.6 Å². The van der Waals surface area contributed by atoms with Crippen molar-refractivity contribution in [3.8, 4) is 0 Å². The highest BCUT2D eigenvalue weighted by molar-refractivity contribution is 6.06. The summed E-state index contributed by atoms with van der Waals surface area (Å²) in [5, 5.41) is 5.68. The zero-order valence-electron chi connectivity index (χ0n) is 16.4. The molecule has 3 aromatic rings. The number of nitrogens with one attached hydrogen (secondary N) is 3. The number of imide groups is 1. The number of carbonyl (C=O) groups excluding carboxylic acids is 2. The van der Waals surface area contributed by atoms with Gasteiger partial charge >= 0.3 is 6.03 Å². The number of imidazole rings is 1. The lowest BCUT2D eigenvalue weighted by atomic mass is 10.1. The van der Waals surface area contributed by atoms with Crippen molar-refractivity contribution in [3.05, 3.63) is 60.2 Å². The largest absolute Gasteiger partial charge is 0.325 e. The Morgan fingerprint density at radius 3 is 2.57 bits per heavy atom. The number of guanidine groups is 1. The molecule has 3 heterocycles. The van der Waals surface area contributed by atoms with Gasteiger partial charge in [0.15, 0.2) is 12.2 Å². The number of aromatic nitrogens is 2. The highest BCUT2D eigenvalue weighted by Crippen LogP contribution is 2.27. The van der Waals surface area contributed by atoms with Crippen LogP contribution in [0.1, 0.15) is 12.5 Å². The van der Waals surface area contributed by atoms with E-state index in [1.165, 1.54) is 0 Å². The number of para-hydroxylation sites is 2. The van der Waals surface area contributed by atoms with Crippen molar-refractivity contribution in [2.75, 3.05) is 11.9 Å². The van der Waals surface area contributed by atoms with Crippen LogP contribution in [0.25, 0.3) is 11.0 Å². The Balaban J connectivity index is 1.51. The summed E-state index contributed by atoms with van der Waals surface area (Å²) in [6, 6.07) is 16.5. The lowest BCUT2D eigenvalue weighted by Gasteiger charge is -2.37. The van der Waals surface area contributed by atoms with Gasteiger partial charge in [0, 0.05) is 13.1 Å². The van der Waals surface area contributed by atoms with Crippen LogP contribution in [0.2, 0.25) is 0 Å². The maximum atomic E-state index is 12.8. The Kier molecular flexibility index (Phi) is 4.35. The second kappa shape index (κ2) is 7.18. The third-order valence-electron chi connectivity index (χ3n) is 5.38. The second-order valence-corrected chi connectivity index (χ2v) is 7.23. The third-order valence-corrected chi connectivity index (χ3v) is 5.38. The smallest absolute Gasteiger partial charge is 0.324 e. The zero-order chi connectivity index (χ0) is 20.7. The van der Waals surface area contributed by atoms with Crippen molar-refractivity contribution in [1.29, 1.82) is 0 Å². The molecule has 0 aliphatic carbocycles. The predicted molar refractivity (Wildman–Crippen MR) is 113 cm³/mol. The van der Waals surface area contributed by atoms with Crippen molar-refractivity contribution >= 4 is 34.9 Å². The number of aromatic amines is 1. The maximum Gasteiger partial charge on any atom is 0.325 e. The highest BCUT2D eigenvalue weighted by Gasteiger charge is 2.49. The fourth-order valence-corrected chi connectivity index (χ4v) is 3.96. The number of hydrogen-bond donors (Lipinski definition) is 3. The molecule has 3 N–H and O–H groups in total. The van der Waals surface area contributed by atoms with E-state index in [0.717, 1.165) is 16.6 Å². The minimum absolute atomic E-state index is 0.351. The van der Waals surface area contributed by atoms with Crippen LogP contribution >= 0.6 is 0 Å². The number of anilines is 1. The minimum Gasteiger partial charge on any atom is -0.324 e. The summed E-state index contributed by atoms with van der Waals surface area (Å²) in [6.45, 7) is 2.78. The molecule has 9 heteroatoms. The molecule has 2 aliphatic heterocycles. The Hall–Kier alpha value is -3.88. The average Bonchev–Trinajstić information content (AvgIpc) is 3.30. The molecular weight excluding hydrogens is 382 g/mol. The van der Waals surface area contributed by atoms with E-state index in [-0.39, 0.29) is 5.91 Å². The number of rotatable bonds is 4. The van der Waals surface area contributed by atoms with E-state index < -0.39 is 18.2 Å². The molecule has 2 aliphatic rings. The zero-order valence-corrected chi connectivity index (χ0v) is 16.4. The van der Waals surface area contributed by atoms with Crippen molar-refractivity contribution < 1.29 is 9.59 Å². The van der Waals surface area contributed by atoms with Crippen LogP contribution in [-0.4, -0.2) is 56.4 Å². The van der Waals surface area contributed by atoms with Crippen LogP contribution in [0, 0.1) is 0 Å². The molecule has 5 rings (SSSR count). The van der Waals surface area contributed by atoms with Gasteiger partial charge in [-0.15, -0.1) is 0 Å². The molecule has 2 unspecified atom stereocenters. The molecule has 1 saturated heterocycles. The summed E-state index contributed by atoms with van der Waals surface area (Å²) >= 11 is 0. The number of benzene rings is 2. The van der Waals surface area contributed by atoms with Crippen LogP contribution in [0.3, 0.4) is 0 Å². The summed E-state index contributed by atoms with van der Waals surface area (Å²) < 4.78 is 0. The van der Waals surface area contributed by atoms with Crippen LogP contribution in [0.4, 0.5) is 10.7 Å². The molecule has 1 fully saturated rings. The number of urea groups is 1. The third kappa shape index (κ3) is 3.04. The molecular formula is C21H21N7O2. The van der Waals surface area contributed by atoms with E-state index in [0.29, 0.717) is 25.0 Å². The maximum absolute atomic E-state index is 12.8. The van der Waals surface area contributed by atoms with E-state index >= 15 is 0 Å². The van der Waals surface area contributed by atoms with Gasteiger partial charge in [-0.1, -0.05) is 42.5 Å². The normalized spacial score (nSPS) is 20.9. The summed E-state index contributed by atoms with van der Waals surface area (Å²) in [5.74, 6) is 0.674. The molecule has 0 radical (unpaired) electrons. The Morgan fingerprint density at radius 1 is 1.03 bits per heavy atom. The molecule has 2 atom stereocenters. The van der Waals surface area contributed by atoms with Crippen molar-refractivity contribution in [2.24, 2.45) is 4.99 Å². The number of aliphatic imine (C=N–C) groups is 1. The van der Waals surface area contributed by atoms with Gasteiger partial charge < -0.3 is 9.88 Å². The lowest BCUT2D eigenvalue weighted by molar-refractivity contribution is -0.127. The van der Waals surface area contributed by atoms with Gasteiger partial charge in [-0.25, -0.2) is 14.8 Å². The number of amides is 3. The molecule has 9 nitrogen and oxygen atoms in total. The lowest BCUT2D eigenvalue weighted by Crippen LogP contribution is -2.64. The van der Waals surface area contributed by atoms with Crippen LogP contribution in [-0.2, 0) is 11.3 Å². The summed E-state index contributed by atoms with van der Waals surface area (Å²) in [5.41, 5.74) is 2.76. The summed E-state index contributed by atoms with van der Waals surface area (Å²) in [4.78, 5) is 41.0. The second-order valence-electron chi connectivity index (χ2n) is 7.23. The fraction of sp³-hybridized carbons (Fsp3) is 0.238. The Labute approximate surface area is 172 Å². The fourth-order valence-electron chi connectivity index (χ4n) is 3.96. The number of nitrogens with zero attached hydrogens (tertiary/aromatic N) is 4. The number of fused-ring (bicyclic) bond motifs is 2. The first-order valence-electron chi connectivity index (χ1n) is 9.85. The van der Waals surface area contributed by atoms with Gasteiger partial charge in [0.2, 0.25) is 11.9 Å². The van der Waals surface area contributed by atoms with Crippen molar-refractivity contribution in [1.82, 2.24) is 25.1 Å². The molecule has 3 amide bonds. The molecule has 152 valence electrons. The quantitative estimate of drug-likeness (QED) is 0.619. The van der Waals surface area contributed by atoms with Crippen LogP contribution in [0.15, 0.2) is 59.6 Å². The van der Waals surface area contributed by atoms with Gasteiger partial charge in [0.05, 0.1) is 11.0 Å². The first-order chi connectivity index (χ1) is 14.6. The molecule has 0 bridgehead atoms. The van der Waals surface area contributed by atoms with Crippen molar-refractivity contribution in [3.63, 3.8) is 0 Å². The number of carbonyl (C=O) groups is 2.